The zero-order valence-electron chi connectivity index (χ0n) is 14.6. The van der Waals surface area contributed by atoms with Gasteiger partial charge in [-0.3, -0.25) is 4.79 Å². The van der Waals surface area contributed by atoms with E-state index in [2.05, 4.69) is 13.8 Å². The van der Waals surface area contributed by atoms with Gasteiger partial charge in [0.15, 0.2) is 0 Å². The molecule has 0 heterocycles. The molecular formula is C17H37NO2. The first kappa shape index (κ1) is 24.2. The van der Waals surface area contributed by atoms with E-state index in [4.69, 9.17) is 5.73 Å². The summed E-state index contributed by atoms with van der Waals surface area (Å²) in [6.45, 7) is 12.2. The lowest BCUT2D eigenvalue weighted by molar-refractivity contribution is -0.122. The smallest absolute Gasteiger partial charge is 0.218 e. The lowest BCUT2D eigenvalue weighted by atomic mass is 9.92. The second-order valence-electron chi connectivity index (χ2n) is 4.66. The third kappa shape index (κ3) is 17.1. The number of aldehydes is 1. The van der Waals surface area contributed by atoms with Gasteiger partial charge in [-0.1, -0.05) is 73.6 Å². The van der Waals surface area contributed by atoms with Crippen LogP contribution in [0.15, 0.2) is 0 Å². The minimum absolute atomic E-state index is 0.138. The Morgan fingerprint density at radius 2 is 1.55 bits per heavy atom. The number of carbonyl (C=O) groups excluding carboxylic acids is 2. The van der Waals surface area contributed by atoms with Crippen LogP contribution in [0, 0.1) is 11.8 Å². The zero-order chi connectivity index (χ0) is 16.4. The van der Waals surface area contributed by atoms with Gasteiger partial charge in [-0.2, -0.15) is 0 Å². The summed E-state index contributed by atoms with van der Waals surface area (Å²) in [4.78, 5) is 21.2. The van der Waals surface area contributed by atoms with E-state index in [9.17, 15) is 9.59 Å². The molecule has 0 spiro atoms. The van der Waals surface area contributed by atoms with Gasteiger partial charge in [0.05, 0.1) is 0 Å². The Morgan fingerprint density at radius 3 is 1.85 bits per heavy atom. The normalized spacial score (nSPS) is 14.5. The summed E-state index contributed by atoms with van der Waals surface area (Å²) in [7, 11) is 0. The molecule has 1 atom stereocenters. The number of primary amides is 1. The van der Waals surface area contributed by atoms with Gasteiger partial charge in [-0.05, 0) is 12.3 Å². The molecule has 2 N–H and O–H groups in total. The highest BCUT2D eigenvalue weighted by atomic mass is 16.1. The molecule has 1 aliphatic carbocycles. The van der Waals surface area contributed by atoms with Gasteiger partial charge in [0.25, 0.3) is 0 Å². The molecule has 3 heteroatoms. The molecule has 1 unspecified atom stereocenters. The minimum Gasteiger partial charge on any atom is -0.370 e. The van der Waals surface area contributed by atoms with Gasteiger partial charge in [0, 0.05) is 12.3 Å². The van der Waals surface area contributed by atoms with E-state index in [0.717, 1.165) is 12.7 Å². The highest BCUT2D eigenvalue weighted by molar-refractivity contribution is 5.77. The SMILES string of the molecule is CC.CC.CCC.NC(=O)CC(C=O)CC1CCCC1. The van der Waals surface area contributed by atoms with Crippen LogP contribution in [0.4, 0.5) is 0 Å². The Morgan fingerprint density at radius 1 is 1.15 bits per heavy atom. The molecule has 1 amide bonds. The molecule has 0 saturated heterocycles. The molecule has 1 aliphatic rings. The summed E-state index contributed by atoms with van der Waals surface area (Å²) in [6.07, 6.45) is 8.17. The first-order chi connectivity index (χ1) is 9.63. The van der Waals surface area contributed by atoms with E-state index in [0.29, 0.717) is 5.92 Å². The quantitative estimate of drug-likeness (QED) is 0.743. The van der Waals surface area contributed by atoms with E-state index >= 15 is 0 Å². The van der Waals surface area contributed by atoms with E-state index in [1.54, 1.807) is 0 Å². The van der Waals surface area contributed by atoms with E-state index in [-0.39, 0.29) is 18.2 Å². The number of amides is 1. The molecule has 1 fully saturated rings. The lowest BCUT2D eigenvalue weighted by Crippen LogP contribution is -2.19. The lowest BCUT2D eigenvalue weighted by Gasteiger charge is -2.12. The van der Waals surface area contributed by atoms with Crippen molar-refractivity contribution in [3.63, 3.8) is 0 Å². The number of carbonyl (C=O) groups is 2. The summed E-state index contributed by atoms with van der Waals surface area (Å²) in [5.74, 6) is 0.144. The van der Waals surface area contributed by atoms with Crippen molar-refractivity contribution in [2.45, 2.75) is 86.5 Å². The topological polar surface area (TPSA) is 60.2 Å². The third-order valence-electron chi connectivity index (χ3n) is 2.77. The van der Waals surface area contributed by atoms with Crippen LogP contribution in [-0.4, -0.2) is 12.2 Å². The van der Waals surface area contributed by atoms with E-state index in [1.807, 2.05) is 27.7 Å². The molecule has 0 aromatic carbocycles. The summed E-state index contributed by atoms with van der Waals surface area (Å²) in [6, 6.07) is 0. The predicted molar refractivity (Wildman–Crippen MR) is 88.6 cm³/mol. The van der Waals surface area contributed by atoms with Crippen molar-refractivity contribution in [2.75, 3.05) is 0 Å². The Bertz CT molecular complexity index is 199. The predicted octanol–water partition coefficient (Wildman–Crippen LogP) is 4.73. The van der Waals surface area contributed by atoms with Crippen LogP contribution in [0.5, 0.6) is 0 Å². The van der Waals surface area contributed by atoms with Crippen molar-refractivity contribution in [2.24, 2.45) is 17.6 Å². The van der Waals surface area contributed by atoms with Crippen molar-refractivity contribution in [3.05, 3.63) is 0 Å². The summed E-state index contributed by atoms with van der Waals surface area (Å²) in [5, 5.41) is 0. The maximum atomic E-state index is 10.6. The Kier molecular flexibility index (Phi) is 24.7. The molecule has 0 radical (unpaired) electrons. The monoisotopic (exact) mass is 287 g/mol. The maximum Gasteiger partial charge on any atom is 0.218 e. The van der Waals surface area contributed by atoms with Crippen LogP contribution in [0.25, 0.3) is 0 Å². The van der Waals surface area contributed by atoms with E-state index < -0.39 is 0 Å². The molecule has 1 rings (SSSR count). The van der Waals surface area contributed by atoms with Crippen molar-refractivity contribution in [1.82, 2.24) is 0 Å². The Hall–Kier alpha value is -0.860. The number of hydrogen-bond donors (Lipinski definition) is 1. The van der Waals surface area contributed by atoms with Crippen LogP contribution in [0.3, 0.4) is 0 Å². The van der Waals surface area contributed by atoms with Crippen molar-refractivity contribution in [1.29, 1.82) is 0 Å². The molecule has 0 aromatic heterocycles. The molecule has 0 bridgehead atoms. The van der Waals surface area contributed by atoms with Gasteiger partial charge in [-0.15, -0.1) is 0 Å². The molecule has 0 aliphatic heterocycles. The van der Waals surface area contributed by atoms with Crippen molar-refractivity contribution in [3.8, 4) is 0 Å². The summed E-state index contributed by atoms with van der Waals surface area (Å²) < 4.78 is 0. The molecule has 20 heavy (non-hydrogen) atoms. The number of hydrogen-bond acceptors (Lipinski definition) is 2. The minimum atomic E-state index is -0.366. The van der Waals surface area contributed by atoms with Crippen LogP contribution in [0.2, 0.25) is 0 Å². The van der Waals surface area contributed by atoms with E-state index in [1.165, 1.54) is 32.1 Å². The van der Waals surface area contributed by atoms with Crippen molar-refractivity contribution >= 4 is 12.2 Å². The van der Waals surface area contributed by atoms with Crippen molar-refractivity contribution < 1.29 is 9.59 Å². The Balaban J connectivity index is -0.000000355. The summed E-state index contributed by atoms with van der Waals surface area (Å²) >= 11 is 0. The fourth-order valence-corrected chi connectivity index (χ4v) is 2.12. The van der Waals surface area contributed by atoms with Crippen LogP contribution in [0.1, 0.15) is 86.5 Å². The first-order valence-corrected chi connectivity index (χ1v) is 8.37. The highest BCUT2D eigenvalue weighted by Crippen LogP contribution is 2.30. The van der Waals surface area contributed by atoms with Gasteiger partial charge in [0.1, 0.15) is 6.29 Å². The fraction of sp³-hybridized carbons (Fsp3) is 0.882. The largest absolute Gasteiger partial charge is 0.370 e. The highest BCUT2D eigenvalue weighted by Gasteiger charge is 2.20. The van der Waals surface area contributed by atoms with Crippen LogP contribution >= 0.6 is 0 Å². The number of rotatable bonds is 5. The second kappa shape index (κ2) is 20.5. The average Bonchev–Trinajstić information content (AvgIpc) is 2.96. The molecular weight excluding hydrogens is 250 g/mol. The fourth-order valence-electron chi connectivity index (χ4n) is 2.12. The molecule has 0 aromatic rings. The molecule has 3 nitrogen and oxygen atoms in total. The standard InChI is InChI=1S/C10H17NO2.C3H8.2C2H6/c11-10(13)6-9(7-12)5-8-3-1-2-4-8;1-3-2;2*1-2/h7-9H,1-6H2,(H2,11,13);3H2,1-2H3;2*1-2H3. The molecule has 122 valence electrons. The third-order valence-corrected chi connectivity index (χ3v) is 2.77. The van der Waals surface area contributed by atoms with Crippen LogP contribution in [-0.2, 0) is 9.59 Å². The average molecular weight is 287 g/mol. The number of nitrogens with two attached hydrogens (primary N) is 1. The van der Waals surface area contributed by atoms with Gasteiger partial charge < -0.3 is 10.5 Å². The van der Waals surface area contributed by atoms with Gasteiger partial charge in [0.2, 0.25) is 5.91 Å². The van der Waals surface area contributed by atoms with Gasteiger partial charge in [-0.25, -0.2) is 0 Å². The van der Waals surface area contributed by atoms with Gasteiger partial charge >= 0.3 is 0 Å². The molecule has 1 saturated carbocycles. The van der Waals surface area contributed by atoms with Crippen LogP contribution < -0.4 is 5.73 Å². The zero-order valence-corrected chi connectivity index (χ0v) is 14.6. The first-order valence-electron chi connectivity index (χ1n) is 8.37. The summed E-state index contributed by atoms with van der Waals surface area (Å²) in [5.41, 5.74) is 5.05. The maximum absolute atomic E-state index is 10.6. The second-order valence-corrected chi connectivity index (χ2v) is 4.66. The Labute approximate surface area is 126 Å².